The third-order valence-electron chi connectivity index (χ3n) is 9.91. The van der Waals surface area contributed by atoms with Gasteiger partial charge in [0.1, 0.15) is 11.1 Å². The molecule has 3 N–H and O–H groups in total. The van der Waals surface area contributed by atoms with E-state index in [0.717, 1.165) is 29.5 Å². The molecule has 3 aliphatic heterocycles. The summed E-state index contributed by atoms with van der Waals surface area (Å²) in [6.07, 6.45) is 3.02. The lowest BCUT2D eigenvalue weighted by atomic mass is 10.0. The Hall–Kier alpha value is -5.54. The smallest absolute Gasteiger partial charge is 0.293 e. The maximum Gasteiger partial charge on any atom is 0.293 e. The molecule has 5 heterocycles. The van der Waals surface area contributed by atoms with E-state index in [1.54, 1.807) is 24.2 Å². The number of amides is 4. The van der Waals surface area contributed by atoms with Crippen molar-refractivity contribution < 1.29 is 23.9 Å². The molecule has 3 aliphatic rings. The monoisotopic (exact) mass is 727 g/mol. The van der Waals surface area contributed by atoms with Crippen molar-refractivity contribution in [1.29, 1.82) is 0 Å². The van der Waals surface area contributed by atoms with Crippen molar-refractivity contribution in [2.45, 2.75) is 44.4 Å². The molecule has 7 rings (SSSR count). The molecule has 2 saturated heterocycles. The summed E-state index contributed by atoms with van der Waals surface area (Å²) >= 11 is 6.54. The summed E-state index contributed by atoms with van der Waals surface area (Å²) in [7, 11) is 5.21. The van der Waals surface area contributed by atoms with Gasteiger partial charge in [-0.1, -0.05) is 23.7 Å². The summed E-state index contributed by atoms with van der Waals surface area (Å²) in [5.41, 5.74) is 3.56. The number of carbonyl (C=O) groups excluding carboxylic acids is 4. The molecule has 0 saturated carbocycles. The van der Waals surface area contributed by atoms with Crippen LogP contribution in [0.3, 0.4) is 0 Å². The summed E-state index contributed by atoms with van der Waals surface area (Å²) in [5.74, 6) is -0.210. The number of fused-ring (bicyclic) bond motifs is 2. The van der Waals surface area contributed by atoms with Crippen LogP contribution in [0.25, 0.3) is 10.9 Å². The van der Waals surface area contributed by atoms with Gasteiger partial charge in [-0.15, -0.1) is 0 Å². The number of piperidine rings is 1. The average molecular weight is 728 g/mol. The van der Waals surface area contributed by atoms with Gasteiger partial charge >= 0.3 is 0 Å². The van der Waals surface area contributed by atoms with E-state index in [2.05, 4.69) is 37.8 Å². The van der Waals surface area contributed by atoms with E-state index in [0.29, 0.717) is 59.6 Å². The second kappa shape index (κ2) is 14.2. The van der Waals surface area contributed by atoms with E-state index in [1.165, 1.54) is 11.6 Å². The first kappa shape index (κ1) is 34.9. The van der Waals surface area contributed by atoms with Crippen LogP contribution in [0, 0.1) is 0 Å². The van der Waals surface area contributed by atoms with E-state index in [1.807, 2.05) is 36.4 Å². The first-order chi connectivity index (χ1) is 25.0. The molecule has 0 bridgehead atoms. The van der Waals surface area contributed by atoms with E-state index >= 15 is 0 Å². The van der Waals surface area contributed by atoms with E-state index in [4.69, 9.17) is 21.3 Å². The van der Waals surface area contributed by atoms with Crippen molar-refractivity contribution in [3.8, 4) is 5.75 Å². The summed E-state index contributed by atoms with van der Waals surface area (Å²) in [6.45, 7) is 2.18. The standard InChI is InChI=1S/C36H38ClN9O6/c1-38-31(48)19-52-29-14-21-13-23(5-7-27(21)44(3)35(29)51)40-32-26(37)15-39-36(42-32)45-11-10-24(18-45)43(2)16-20-4-6-25-22(12-20)17-46(34(25)50)28-8-9-30(47)41-33(28)49/h4-7,12-15,24,28H,8-11,16-19H2,1-3H3,(H,38,48)(H,39,40,42)(H,41,47,49). The zero-order chi connectivity index (χ0) is 36.7. The highest BCUT2D eigenvalue weighted by Crippen LogP contribution is 2.31. The molecule has 4 amide bonds. The van der Waals surface area contributed by atoms with Crippen LogP contribution in [0.15, 0.2) is 53.5 Å². The van der Waals surface area contributed by atoms with Crippen molar-refractivity contribution in [1.82, 2.24) is 35.0 Å². The summed E-state index contributed by atoms with van der Waals surface area (Å²) in [4.78, 5) is 76.8. The minimum atomic E-state index is -0.640. The highest BCUT2D eigenvalue weighted by Gasteiger charge is 2.39. The maximum atomic E-state index is 13.1. The Balaban J connectivity index is 1.00. The van der Waals surface area contributed by atoms with Gasteiger partial charge < -0.3 is 29.7 Å². The van der Waals surface area contributed by atoms with Crippen molar-refractivity contribution in [2.75, 3.05) is 44.0 Å². The number of carbonyl (C=O) groups is 4. The summed E-state index contributed by atoms with van der Waals surface area (Å²) in [6, 6.07) is 12.5. The van der Waals surface area contributed by atoms with Crippen LogP contribution in [-0.2, 0) is 34.5 Å². The molecule has 4 aromatic rings. The number of hydrogen-bond donors (Lipinski definition) is 3. The minimum Gasteiger partial charge on any atom is -0.478 e. The van der Waals surface area contributed by atoms with Gasteiger partial charge in [0.15, 0.2) is 18.2 Å². The third kappa shape index (κ3) is 6.88. The Bertz CT molecular complexity index is 2170. The average Bonchev–Trinajstić information content (AvgIpc) is 3.75. The number of pyridine rings is 1. The summed E-state index contributed by atoms with van der Waals surface area (Å²) in [5, 5.41) is 9.17. The van der Waals surface area contributed by atoms with E-state index < -0.39 is 11.9 Å². The Morgan fingerprint density at radius 1 is 1.12 bits per heavy atom. The van der Waals surface area contributed by atoms with E-state index in [-0.39, 0.29) is 48.1 Å². The normalized spacial score (nSPS) is 18.6. The Kier molecular flexibility index (Phi) is 9.55. The highest BCUT2D eigenvalue weighted by molar-refractivity contribution is 6.33. The predicted molar refractivity (Wildman–Crippen MR) is 194 cm³/mol. The van der Waals surface area contributed by atoms with Gasteiger partial charge in [0.05, 0.1) is 11.7 Å². The number of hydrogen-bond acceptors (Lipinski definition) is 11. The Morgan fingerprint density at radius 2 is 1.94 bits per heavy atom. The Morgan fingerprint density at radius 3 is 2.73 bits per heavy atom. The molecule has 270 valence electrons. The number of aromatic nitrogens is 3. The second-order valence-corrected chi connectivity index (χ2v) is 13.7. The van der Waals surface area contributed by atoms with Crippen molar-refractivity contribution in [3.05, 3.63) is 80.7 Å². The van der Waals surface area contributed by atoms with Crippen molar-refractivity contribution >= 4 is 63.6 Å². The number of nitrogens with one attached hydrogen (secondary N) is 3. The molecule has 0 aliphatic carbocycles. The predicted octanol–water partition coefficient (Wildman–Crippen LogP) is 2.32. The quantitative estimate of drug-likeness (QED) is 0.205. The lowest BCUT2D eigenvalue weighted by Gasteiger charge is -2.29. The number of halogens is 1. The SMILES string of the molecule is CNC(=O)COc1cc2cc(Nc3nc(N4CCC(N(C)Cc5ccc6c(c5)CN(C5CCC(=O)NC5=O)C6=O)C4)ncc3Cl)ccc2n(C)c1=O. The number of likely N-dealkylation sites (N-methyl/N-ethyl adjacent to an activating group) is 2. The number of ether oxygens (including phenoxy) is 1. The molecule has 2 aromatic carbocycles. The first-order valence-corrected chi connectivity index (χ1v) is 17.3. The van der Waals surface area contributed by atoms with Gasteiger partial charge in [-0.25, -0.2) is 4.98 Å². The molecule has 15 nitrogen and oxygen atoms in total. The largest absolute Gasteiger partial charge is 0.478 e. The minimum absolute atomic E-state index is 0.0642. The Labute approximate surface area is 303 Å². The second-order valence-electron chi connectivity index (χ2n) is 13.3. The zero-order valence-electron chi connectivity index (χ0n) is 28.9. The van der Waals surface area contributed by atoms with Gasteiger partial charge in [0, 0.05) is 69.4 Å². The van der Waals surface area contributed by atoms with Crippen LogP contribution in [0.5, 0.6) is 5.75 Å². The van der Waals surface area contributed by atoms with Crippen molar-refractivity contribution in [2.24, 2.45) is 7.05 Å². The highest BCUT2D eigenvalue weighted by atomic mass is 35.5. The zero-order valence-corrected chi connectivity index (χ0v) is 29.7. The fraction of sp³-hybridized carbons (Fsp3) is 0.361. The lowest BCUT2D eigenvalue weighted by Crippen LogP contribution is -2.52. The van der Waals surface area contributed by atoms with Gasteiger partial charge in [0.25, 0.3) is 17.4 Å². The van der Waals surface area contributed by atoms with Gasteiger partial charge in [-0.05, 0) is 61.3 Å². The molecular formula is C36H38ClN9O6. The van der Waals surface area contributed by atoms with Crippen LogP contribution in [0.4, 0.5) is 17.5 Å². The number of imide groups is 1. The molecule has 0 spiro atoms. The molecular weight excluding hydrogens is 690 g/mol. The number of rotatable bonds is 10. The van der Waals surface area contributed by atoms with Gasteiger partial charge in [0.2, 0.25) is 17.8 Å². The number of aryl methyl sites for hydroxylation is 1. The number of benzene rings is 2. The van der Waals surface area contributed by atoms with Crippen LogP contribution < -0.4 is 31.1 Å². The third-order valence-corrected chi connectivity index (χ3v) is 10.2. The molecule has 2 unspecified atom stereocenters. The van der Waals surface area contributed by atoms with Crippen molar-refractivity contribution in [3.63, 3.8) is 0 Å². The van der Waals surface area contributed by atoms with Crippen LogP contribution in [0.1, 0.15) is 40.7 Å². The van der Waals surface area contributed by atoms with Gasteiger partial charge in [-0.2, -0.15) is 4.98 Å². The molecule has 0 radical (unpaired) electrons. The molecule has 52 heavy (non-hydrogen) atoms. The van der Waals surface area contributed by atoms with Crippen LogP contribution in [0.2, 0.25) is 5.02 Å². The summed E-state index contributed by atoms with van der Waals surface area (Å²) < 4.78 is 6.96. The van der Waals surface area contributed by atoms with E-state index in [9.17, 15) is 24.0 Å². The van der Waals surface area contributed by atoms with Crippen LogP contribution >= 0.6 is 11.6 Å². The van der Waals surface area contributed by atoms with Gasteiger partial charge in [-0.3, -0.25) is 34.2 Å². The maximum absolute atomic E-state index is 13.1. The number of anilines is 3. The molecule has 2 atom stereocenters. The topological polar surface area (TPSA) is 171 Å². The first-order valence-electron chi connectivity index (χ1n) is 17.0. The number of nitrogens with zero attached hydrogens (tertiary/aromatic N) is 6. The molecule has 2 aromatic heterocycles. The van der Waals surface area contributed by atoms with Crippen LogP contribution in [-0.4, -0.2) is 93.8 Å². The fourth-order valence-corrected chi connectivity index (χ4v) is 7.15. The fourth-order valence-electron chi connectivity index (χ4n) is 7.01. The molecule has 16 heteroatoms. The molecule has 2 fully saturated rings. The lowest BCUT2D eigenvalue weighted by molar-refractivity contribution is -0.137.